The average molecular weight is 453 g/mol. The van der Waals surface area contributed by atoms with Gasteiger partial charge in [0, 0.05) is 18.9 Å². The second-order valence-electron chi connectivity index (χ2n) is 6.80. The summed E-state index contributed by atoms with van der Waals surface area (Å²) in [6.45, 7) is 3.36. The smallest absolute Gasteiger partial charge is 0.264 e. The van der Waals surface area contributed by atoms with E-state index in [1.54, 1.807) is 41.1 Å². The first-order chi connectivity index (χ1) is 15.7. The number of amides is 1. The minimum atomic E-state index is -0.232. The fraction of sp³-hybridized carbons (Fsp3) is 0.261. The summed E-state index contributed by atoms with van der Waals surface area (Å²) in [5.74, 6) is 1.35. The molecule has 0 saturated carbocycles. The standard InChI is InChI=1S/C23H24N4O4S/c1-4-31-17-9-6-11-19-20(17)25-23(32-19)27(15-14-26-13-7-12-24-26)22(28)16-8-5-10-18(29-2)21(16)30-3/h5-13H,4,14-15H2,1-3H3. The largest absolute Gasteiger partial charge is 0.493 e. The SMILES string of the molecule is CCOc1cccc2sc(N(CCn3cccn3)C(=O)c3cccc(OC)c3OC)nc12. The quantitative estimate of drug-likeness (QED) is 0.378. The highest BCUT2D eigenvalue weighted by molar-refractivity contribution is 7.22. The number of methoxy groups -OCH3 is 2. The van der Waals surface area contributed by atoms with Gasteiger partial charge in [-0.25, -0.2) is 4.98 Å². The van der Waals surface area contributed by atoms with Gasteiger partial charge in [-0.05, 0) is 37.3 Å². The van der Waals surface area contributed by atoms with Crippen LogP contribution in [0, 0.1) is 0 Å². The number of hydrogen-bond donors (Lipinski definition) is 0. The zero-order valence-corrected chi connectivity index (χ0v) is 19.0. The number of carbonyl (C=O) groups is 1. The van der Waals surface area contributed by atoms with Gasteiger partial charge in [-0.1, -0.05) is 23.5 Å². The number of benzene rings is 2. The highest BCUT2D eigenvalue weighted by Gasteiger charge is 2.26. The lowest BCUT2D eigenvalue weighted by molar-refractivity contribution is 0.0982. The Morgan fingerprint density at radius 1 is 1.09 bits per heavy atom. The van der Waals surface area contributed by atoms with Gasteiger partial charge in [0.1, 0.15) is 11.3 Å². The third kappa shape index (κ3) is 4.24. The molecule has 166 valence electrons. The lowest BCUT2D eigenvalue weighted by Crippen LogP contribution is -2.34. The van der Waals surface area contributed by atoms with Gasteiger partial charge in [0.2, 0.25) is 0 Å². The van der Waals surface area contributed by atoms with Crippen LogP contribution in [0.5, 0.6) is 17.2 Å². The highest BCUT2D eigenvalue weighted by Crippen LogP contribution is 2.37. The Morgan fingerprint density at radius 2 is 1.91 bits per heavy atom. The molecule has 2 aromatic carbocycles. The third-order valence-corrected chi connectivity index (χ3v) is 5.94. The number of carbonyl (C=O) groups excluding carboxylic acids is 1. The van der Waals surface area contributed by atoms with Gasteiger partial charge in [-0.15, -0.1) is 0 Å². The van der Waals surface area contributed by atoms with Gasteiger partial charge in [0.15, 0.2) is 16.6 Å². The molecule has 4 aromatic rings. The van der Waals surface area contributed by atoms with E-state index < -0.39 is 0 Å². The Morgan fingerprint density at radius 3 is 2.62 bits per heavy atom. The molecule has 0 fully saturated rings. The Bertz CT molecular complexity index is 1210. The van der Waals surface area contributed by atoms with Gasteiger partial charge in [0.05, 0.1) is 37.6 Å². The number of ether oxygens (including phenoxy) is 3. The summed E-state index contributed by atoms with van der Waals surface area (Å²) in [7, 11) is 3.07. The molecule has 32 heavy (non-hydrogen) atoms. The van der Waals surface area contributed by atoms with Crippen LogP contribution < -0.4 is 19.1 Å². The van der Waals surface area contributed by atoms with E-state index in [1.165, 1.54) is 18.4 Å². The van der Waals surface area contributed by atoms with Crippen LogP contribution in [0.15, 0.2) is 54.9 Å². The number of fused-ring (bicyclic) bond motifs is 1. The number of aromatic nitrogens is 3. The van der Waals surface area contributed by atoms with E-state index in [0.29, 0.717) is 47.6 Å². The van der Waals surface area contributed by atoms with Crippen molar-refractivity contribution in [3.63, 3.8) is 0 Å². The minimum Gasteiger partial charge on any atom is -0.493 e. The average Bonchev–Trinajstić information content (AvgIpc) is 3.49. The molecule has 8 nitrogen and oxygen atoms in total. The van der Waals surface area contributed by atoms with Crippen molar-refractivity contribution in [2.45, 2.75) is 13.5 Å². The highest BCUT2D eigenvalue weighted by atomic mass is 32.1. The molecule has 0 aliphatic carbocycles. The topological polar surface area (TPSA) is 78.7 Å². The van der Waals surface area contributed by atoms with Gasteiger partial charge in [-0.2, -0.15) is 5.10 Å². The van der Waals surface area contributed by atoms with Crippen molar-refractivity contribution >= 4 is 32.6 Å². The summed E-state index contributed by atoms with van der Waals surface area (Å²) >= 11 is 1.44. The van der Waals surface area contributed by atoms with Crippen LogP contribution in [0.2, 0.25) is 0 Å². The van der Waals surface area contributed by atoms with E-state index in [-0.39, 0.29) is 5.91 Å². The summed E-state index contributed by atoms with van der Waals surface area (Å²) in [6.07, 6.45) is 3.57. The zero-order chi connectivity index (χ0) is 22.5. The predicted molar refractivity (Wildman–Crippen MR) is 124 cm³/mol. The van der Waals surface area contributed by atoms with Gasteiger partial charge >= 0.3 is 0 Å². The predicted octanol–water partition coefficient (Wildman–Crippen LogP) is 4.26. The van der Waals surface area contributed by atoms with Crippen LogP contribution in [-0.4, -0.2) is 48.0 Å². The number of thiazole rings is 1. The van der Waals surface area contributed by atoms with Crippen LogP contribution in [-0.2, 0) is 6.54 Å². The molecule has 1 amide bonds. The molecular formula is C23H24N4O4S. The number of rotatable bonds is 9. The van der Waals surface area contributed by atoms with Crippen molar-refractivity contribution in [3.05, 3.63) is 60.4 Å². The second-order valence-corrected chi connectivity index (χ2v) is 7.81. The first-order valence-electron chi connectivity index (χ1n) is 10.2. The maximum absolute atomic E-state index is 13.7. The summed E-state index contributed by atoms with van der Waals surface area (Å²) < 4.78 is 19.3. The Hall–Kier alpha value is -3.59. The summed E-state index contributed by atoms with van der Waals surface area (Å²) in [6, 6.07) is 12.9. The maximum atomic E-state index is 13.7. The van der Waals surface area contributed by atoms with Crippen molar-refractivity contribution < 1.29 is 19.0 Å². The molecule has 2 aromatic heterocycles. The maximum Gasteiger partial charge on any atom is 0.264 e. The molecule has 0 radical (unpaired) electrons. The van der Waals surface area contributed by atoms with Crippen molar-refractivity contribution in [2.24, 2.45) is 0 Å². The van der Waals surface area contributed by atoms with Crippen LogP contribution in [0.3, 0.4) is 0 Å². The van der Waals surface area contributed by atoms with Gasteiger partial charge in [-0.3, -0.25) is 14.4 Å². The van der Waals surface area contributed by atoms with Gasteiger partial charge < -0.3 is 14.2 Å². The molecule has 0 aliphatic heterocycles. The molecule has 0 N–H and O–H groups in total. The van der Waals surface area contributed by atoms with Crippen LogP contribution in [0.1, 0.15) is 17.3 Å². The van der Waals surface area contributed by atoms with Crippen LogP contribution in [0.4, 0.5) is 5.13 Å². The van der Waals surface area contributed by atoms with E-state index in [0.717, 1.165) is 10.2 Å². The first kappa shape index (κ1) is 21.6. The van der Waals surface area contributed by atoms with E-state index in [2.05, 4.69) is 5.10 Å². The number of hydrogen-bond acceptors (Lipinski definition) is 7. The summed E-state index contributed by atoms with van der Waals surface area (Å²) in [5.41, 5.74) is 1.14. The fourth-order valence-corrected chi connectivity index (χ4v) is 4.43. The lowest BCUT2D eigenvalue weighted by atomic mass is 10.1. The number of para-hydroxylation sites is 2. The number of anilines is 1. The van der Waals surface area contributed by atoms with Crippen LogP contribution in [0.25, 0.3) is 10.2 Å². The van der Waals surface area contributed by atoms with E-state index >= 15 is 0 Å². The molecule has 4 rings (SSSR count). The van der Waals surface area contributed by atoms with E-state index in [4.69, 9.17) is 19.2 Å². The van der Waals surface area contributed by atoms with Crippen LogP contribution >= 0.6 is 11.3 Å². The Kier molecular flexibility index (Phi) is 6.55. The Labute approximate surface area is 190 Å². The molecule has 0 atom stereocenters. The third-order valence-electron chi connectivity index (χ3n) is 4.89. The molecule has 9 heteroatoms. The molecular weight excluding hydrogens is 428 g/mol. The van der Waals surface area contributed by atoms with E-state index in [9.17, 15) is 4.79 Å². The molecule has 0 saturated heterocycles. The molecule has 0 aliphatic rings. The second kappa shape index (κ2) is 9.69. The monoisotopic (exact) mass is 452 g/mol. The van der Waals surface area contributed by atoms with Crippen molar-refractivity contribution in [1.82, 2.24) is 14.8 Å². The first-order valence-corrected chi connectivity index (χ1v) is 11.0. The van der Waals surface area contributed by atoms with Crippen molar-refractivity contribution in [3.8, 4) is 17.2 Å². The fourth-order valence-electron chi connectivity index (χ4n) is 3.42. The molecule has 0 spiro atoms. The molecule has 2 heterocycles. The number of nitrogens with zero attached hydrogens (tertiary/aromatic N) is 4. The lowest BCUT2D eigenvalue weighted by Gasteiger charge is -2.21. The normalized spacial score (nSPS) is 10.8. The van der Waals surface area contributed by atoms with Crippen molar-refractivity contribution in [2.75, 3.05) is 32.3 Å². The zero-order valence-electron chi connectivity index (χ0n) is 18.1. The van der Waals surface area contributed by atoms with Gasteiger partial charge in [0.25, 0.3) is 5.91 Å². The minimum absolute atomic E-state index is 0.232. The Balaban J connectivity index is 1.76. The summed E-state index contributed by atoms with van der Waals surface area (Å²) in [5, 5.41) is 4.83. The molecule has 0 bridgehead atoms. The van der Waals surface area contributed by atoms with Crippen molar-refractivity contribution in [1.29, 1.82) is 0 Å². The summed E-state index contributed by atoms with van der Waals surface area (Å²) in [4.78, 5) is 20.2. The van der Waals surface area contributed by atoms with E-state index in [1.807, 2.05) is 37.4 Å². The molecule has 0 unspecified atom stereocenters.